The van der Waals surface area contributed by atoms with Crippen LogP contribution in [-0.2, 0) is 0 Å². The fourth-order valence-corrected chi connectivity index (χ4v) is 1.99. The average molecular weight is 313 g/mol. The van der Waals surface area contributed by atoms with Crippen molar-refractivity contribution in [3.63, 3.8) is 0 Å². The zero-order chi connectivity index (χ0) is 14.4. The van der Waals surface area contributed by atoms with Crippen LogP contribution in [0.2, 0.25) is 10.0 Å². The Hall–Kier alpha value is -1.54. The number of nitriles is 1. The van der Waals surface area contributed by atoms with Gasteiger partial charge in [-0.1, -0.05) is 41.5 Å². The summed E-state index contributed by atoms with van der Waals surface area (Å²) in [5, 5.41) is 22.3. The number of hydrogen-bond acceptors (Lipinski definition) is 3. The van der Waals surface area contributed by atoms with Crippen LogP contribution in [0.1, 0.15) is 6.42 Å². The third-order valence-electron chi connectivity index (χ3n) is 2.14. The normalized spacial score (nSPS) is 11.2. The Morgan fingerprint density at radius 3 is 2.74 bits per heavy atom. The van der Waals surface area contributed by atoms with E-state index in [4.69, 9.17) is 40.7 Å². The number of nitrogens with one attached hydrogen (secondary N) is 1. The Bertz CT molecular complexity index is 591. The summed E-state index contributed by atoms with van der Waals surface area (Å²) < 4.78 is 0. The molecule has 0 saturated heterocycles. The highest BCUT2D eigenvalue weighted by atomic mass is 35.5. The molecule has 1 rings (SSSR count). The Kier molecular flexibility index (Phi) is 5.84. The maximum absolute atomic E-state index is 9.68. The molecule has 98 valence electrons. The minimum absolute atomic E-state index is 0.0130. The van der Waals surface area contributed by atoms with Crippen LogP contribution in [-0.4, -0.2) is 10.1 Å². The van der Waals surface area contributed by atoms with Crippen molar-refractivity contribution in [2.45, 2.75) is 6.42 Å². The fourth-order valence-electron chi connectivity index (χ4n) is 1.26. The van der Waals surface area contributed by atoms with Crippen LogP contribution in [0, 0.1) is 11.3 Å². The maximum Gasteiger partial charge on any atom is 0.125 e. The highest BCUT2D eigenvalue weighted by Gasteiger charge is 2.12. The third kappa shape index (κ3) is 4.25. The first kappa shape index (κ1) is 15.5. The van der Waals surface area contributed by atoms with Gasteiger partial charge in [0, 0.05) is 11.4 Å². The minimum atomic E-state index is -0.139. The number of anilines is 1. The van der Waals surface area contributed by atoms with E-state index in [2.05, 4.69) is 11.9 Å². The Balaban J connectivity index is 2.99. The molecule has 0 aromatic heterocycles. The van der Waals surface area contributed by atoms with E-state index in [0.29, 0.717) is 15.7 Å². The molecule has 1 aromatic carbocycles. The van der Waals surface area contributed by atoms with Crippen molar-refractivity contribution in [3.8, 4) is 6.07 Å². The number of aliphatic hydroxyl groups excluding tert-OH is 1. The molecule has 0 bridgehead atoms. The number of aliphatic hydroxyl groups is 1. The number of thiocarbonyl (C=S) groups is 1. The fraction of sp³-hybridized carbons (Fsp3) is 0.0769. The minimum Gasteiger partial charge on any atom is -0.510 e. The number of allylic oxidation sites excluding steroid dienone is 1. The molecule has 0 unspecified atom stereocenters. The zero-order valence-corrected chi connectivity index (χ0v) is 12.1. The van der Waals surface area contributed by atoms with Gasteiger partial charge in [0.2, 0.25) is 0 Å². The number of nitrogens with zero attached hydrogens (tertiary/aromatic N) is 1. The van der Waals surface area contributed by atoms with Gasteiger partial charge in [0.1, 0.15) is 22.4 Å². The predicted molar refractivity (Wildman–Crippen MR) is 82.8 cm³/mol. The maximum atomic E-state index is 9.68. The summed E-state index contributed by atoms with van der Waals surface area (Å²) in [5.74, 6) is -0.139. The van der Waals surface area contributed by atoms with Gasteiger partial charge in [0.05, 0.1) is 10.7 Å². The Morgan fingerprint density at radius 2 is 2.21 bits per heavy atom. The summed E-state index contributed by atoms with van der Waals surface area (Å²) in [4.78, 5) is 0.0890. The van der Waals surface area contributed by atoms with Crippen LogP contribution in [0.25, 0.3) is 0 Å². The molecule has 0 aliphatic rings. The second-order valence-corrected chi connectivity index (χ2v) is 4.76. The van der Waals surface area contributed by atoms with E-state index >= 15 is 0 Å². The number of benzene rings is 1. The summed E-state index contributed by atoms with van der Waals surface area (Å²) in [7, 11) is 0. The number of hydrogen-bond donors (Lipinski definition) is 2. The lowest BCUT2D eigenvalue weighted by atomic mass is 10.2. The Morgan fingerprint density at radius 1 is 1.53 bits per heavy atom. The van der Waals surface area contributed by atoms with E-state index in [1.165, 1.54) is 6.08 Å². The summed E-state index contributed by atoms with van der Waals surface area (Å²) in [6, 6.07) is 6.67. The lowest BCUT2D eigenvalue weighted by Gasteiger charge is -2.10. The van der Waals surface area contributed by atoms with E-state index in [-0.39, 0.29) is 22.7 Å². The zero-order valence-electron chi connectivity index (χ0n) is 9.78. The number of halogens is 2. The number of rotatable bonds is 4. The molecule has 19 heavy (non-hydrogen) atoms. The molecule has 0 aliphatic heterocycles. The lowest BCUT2D eigenvalue weighted by Crippen LogP contribution is -2.13. The van der Waals surface area contributed by atoms with Gasteiger partial charge in [-0.15, -0.1) is 6.58 Å². The SMILES string of the molecule is C=CCC(O)=C(C#N)C(=S)Nc1ccc(Cl)cc1Cl. The molecule has 2 N–H and O–H groups in total. The second-order valence-electron chi connectivity index (χ2n) is 3.50. The van der Waals surface area contributed by atoms with Gasteiger partial charge in [-0.3, -0.25) is 0 Å². The van der Waals surface area contributed by atoms with Gasteiger partial charge < -0.3 is 10.4 Å². The molecule has 0 saturated carbocycles. The lowest BCUT2D eigenvalue weighted by molar-refractivity contribution is 0.399. The molecule has 0 atom stereocenters. The van der Waals surface area contributed by atoms with Crippen molar-refractivity contribution in [2.24, 2.45) is 0 Å². The first-order valence-corrected chi connectivity index (χ1v) is 6.35. The molecule has 6 heteroatoms. The van der Waals surface area contributed by atoms with Crippen LogP contribution in [0.4, 0.5) is 5.69 Å². The topological polar surface area (TPSA) is 56.0 Å². The van der Waals surface area contributed by atoms with Gasteiger partial charge in [-0.05, 0) is 18.2 Å². The van der Waals surface area contributed by atoms with Gasteiger partial charge in [0.25, 0.3) is 0 Å². The van der Waals surface area contributed by atoms with Gasteiger partial charge in [0.15, 0.2) is 0 Å². The van der Waals surface area contributed by atoms with Crippen LogP contribution < -0.4 is 5.32 Å². The molecule has 0 aliphatic carbocycles. The van der Waals surface area contributed by atoms with Crippen LogP contribution >= 0.6 is 35.4 Å². The molecule has 0 amide bonds. The van der Waals surface area contributed by atoms with E-state index in [0.717, 1.165) is 0 Å². The van der Waals surface area contributed by atoms with E-state index in [9.17, 15) is 5.11 Å². The second kappa shape index (κ2) is 7.15. The molecule has 0 radical (unpaired) electrons. The van der Waals surface area contributed by atoms with Crippen molar-refractivity contribution in [3.05, 3.63) is 52.2 Å². The first-order chi connectivity index (χ1) is 8.99. The highest BCUT2D eigenvalue weighted by Crippen LogP contribution is 2.26. The van der Waals surface area contributed by atoms with Crippen molar-refractivity contribution in [1.82, 2.24) is 0 Å². The molecule has 0 heterocycles. The van der Waals surface area contributed by atoms with Crippen molar-refractivity contribution >= 4 is 46.1 Å². The predicted octanol–water partition coefficient (Wildman–Crippen LogP) is 4.64. The largest absolute Gasteiger partial charge is 0.510 e. The highest BCUT2D eigenvalue weighted by molar-refractivity contribution is 7.81. The van der Waals surface area contributed by atoms with E-state index in [1.54, 1.807) is 18.2 Å². The van der Waals surface area contributed by atoms with Gasteiger partial charge in [-0.25, -0.2) is 0 Å². The summed E-state index contributed by atoms with van der Waals surface area (Å²) in [5.41, 5.74) is 0.496. The van der Waals surface area contributed by atoms with Crippen LogP contribution in [0.15, 0.2) is 42.2 Å². The molecule has 3 nitrogen and oxygen atoms in total. The monoisotopic (exact) mass is 312 g/mol. The van der Waals surface area contributed by atoms with Gasteiger partial charge >= 0.3 is 0 Å². The van der Waals surface area contributed by atoms with Crippen molar-refractivity contribution in [2.75, 3.05) is 5.32 Å². The smallest absolute Gasteiger partial charge is 0.125 e. The molecular weight excluding hydrogens is 303 g/mol. The van der Waals surface area contributed by atoms with E-state index in [1.807, 2.05) is 6.07 Å². The van der Waals surface area contributed by atoms with Crippen LogP contribution in [0.5, 0.6) is 0 Å². The standard InChI is InChI=1S/C13H10Cl2N2OS/c1-2-3-12(18)9(7-16)13(19)17-11-5-4-8(14)6-10(11)15/h2,4-6,18H,1,3H2,(H,17,19). The summed E-state index contributed by atoms with van der Waals surface area (Å²) in [6.07, 6.45) is 1.64. The molecule has 1 aromatic rings. The summed E-state index contributed by atoms with van der Waals surface area (Å²) >= 11 is 16.8. The van der Waals surface area contributed by atoms with Crippen molar-refractivity contribution in [1.29, 1.82) is 5.26 Å². The van der Waals surface area contributed by atoms with Gasteiger partial charge in [-0.2, -0.15) is 5.26 Å². The van der Waals surface area contributed by atoms with E-state index < -0.39 is 0 Å². The molecule has 0 fully saturated rings. The van der Waals surface area contributed by atoms with Crippen molar-refractivity contribution < 1.29 is 5.11 Å². The van der Waals surface area contributed by atoms with Crippen LogP contribution in [0.3, 0.4) is 0 Å². The summed E-state index contributed by atoms with van der Waals surface area (Å²) in [6.45, 7) is 3.48. The average Bonchev–Trinajstić information content (AvgIpc) is 2.34. The third-order valence-corrected chi connectivity index (χ3v) is 3.00. The Labute approximate surface area is 126 Å². The first-order valence-electron chi connectivity index (χ1n) is 5.19. The quantitative estimate of drug-likeness (QED) is 0.279. The molecular formula is C13H10Cl2N2OS. The molecule has 0 spiro atoms.